The van der Waals surface area contributed by atoms with Gasteiger partial charge in [-0.05, 0) is 12.0 Å². The quantitative estimate of drug-likeness (QED) is 0.775. The van der Waals surface area contributed by atoms with E-state index in [0.717, 1.165) is 10.6 Å². The number of hydrogen-bond acceptors (Lipinski definition) is 5. The van der Waals surface area contributed by atoms with Crippen molar-refractivity contribution in [1.82, 2.24) is 10.3 Å². The molecular formula is C16H18N2O4S. The molecule has 0 saturated carbocycles. The third-order valence-corrected chi connectivity index (χ3v) is 3.95. The van der Waals surface area contributed by atoms with E-state index in [0.29, 0.717) is 12.8 Å². The molecule has 0 radical (unpaired) electrons. The fourth-order valence-electron chi connectivity index (χ4n) is 2.02. The Morgan fingerprint density at radius 3 is 2.74 bits per heavy atom. The lowest BCUT2D eigenvalue weighted by molar-refractivity contribution is -0.137. The summed E-state index contributed by atoms with van der Waals surface area (Å²) in [7, 11) is 0. The first-order valence-corrected chi connectivity index (χ1v) is 8.09. The van der Waals surface area contributed by atoms with Crippen molar-refractivity contribution >= 4 is 23.4 Å². The van der Waals surface area contributed by atoms with Crippen LogP contribution in [-0.4, -0.2) is 28.2 Å². The number of hydrogen-bond donors (Lipinski definition) is 2. The van der Waals surface area contributed by atoms with E-state index in [2.05, 4.69) is 10.3 Å². The topological polar surface area (TPSA) is 88.5 Å². The number of thiazole rings is 1. The van der Waals surface area contributed by atoms with Crippen molar-refractivity contribution in [1.29, 1.82) is 0 Å². The monoisotopic (exact) mass is 334 g/mol. The molecule has 1 heterocycles. The molecule has 0 fully saturated rings. The number of nitrogens with zero attached hydrogens (tertiary/aromatic N) is 1. The summed E-state index contributed by atoms with van der Waals surface area (Å²) in [5.74, 6) is -0.895. The van der Waals surface area contributed by atoms with Gasteiger partial charge in [-0.2, -0.15) is 0 Å². The van der Waals surface area contributed by atoms with Crippen LogP contribution in [0, 0.1) is 0 Å². The normalized spacial score (nSPS) is 11.7. The zero-order valence-corrected chi connectivity index (χ0v) is 13.3. The Labute approximate surface area is 138 Å². The number of carbonyl (C=O) groups is 2. The molecule has 0 saturated heterocycles. The van der Waals surface area contributed by atoms with Crippen molar-refractivity contribution in [3.05, 3.63) is 52.5 Å². The Kier molecular flexibility index (Phi) is 6.56. The molecule has 1 unspecified atom stereocenters. The van der Waals surface area contributed by atoms with Gasteiger partial charge >= 0.3 is 12.1 Å². The highest BCUT2D eigenvalue weighted by Gasteiger charge is 2.16. The van der Waals surface area contributed by atoms with Gasteiger partial charge in [-0.3, -0.25) is 4.79 Å². The van der Waals surface area contributed by atoms with Gasteiger partial charge in [-0.15, -0.1) is 11.3 Å². The van der Waals surface area contributed by atoms with Gasteiger partial charge < -0.3 is 15.2 Å². The van der Waals surface area contributed by atoms with E-state index < -0.39 is 12.1 Å². The number of carbonyl (C=O) groups excluding carboxylic acids is 1. The van der Waals surface area contributed by atoms with E-state index in [4.69, 9.17) is 9.84 Å². The van der Waals surface area contributed by atoms with Crippen LogP contribution in [0.5, 0.6) is 0 Å². The Morgan fingerprint density at radius 2 is 2.09 bits per heavy atom. The highest BCUT2D eigenvalue weighted by Crippen LogP contribution is 2.11. The summed E-state index contributed by atoms with van der Waals surface area (Å²) >= 11 is 1.47. The Morgan fingerprint density at radius 1 is 1.30 bits per heavy atom. The summed E-state index contributed by atoms with van der Waals surface area (Å²) < 4.78 is 5.17. The smallest absolute Gasteiger partial charge is 0.407 e. The molecule has 122 valence electrons. The van der Waals surface area contributed by atoms with E-state index in [1.54, 1.807) is 6.20 Å². The molecule has 6 nitrogen and oxygen atoms in total. The van der Waals surface area contributed by atoms with Gasteiger partial charge in [0.2, 0.25) is 0 Å². The number of amides is 1. The average molecular weight is 334 g/mol. The van der Waals surface area contributed by atoms with E-state index in [-0.39, 0.29) is 19.1 Å². The molecule has 0 spiro atoms. The molecule has 1 aromatic carbocycles. The first kappa shape index (κ1) is 17.0. The van der Waals surface area contributed by atoms with Crippen LogP contribution in [0.15, 0.2) is 41.9 Å². The minimum absolute atomic E-state index is 0.0188. The molecule has 23 heavy (non-hydrogen) atoms. The lowest BCUT2D eigenvalue weighted by Gasteiger charge is -2.17. The summed E-state index contributed by atoms with van der Waals surface area (Å²) in [4.78, 5) is 26.8. The van der Waals surface area contributed by atoms with Crippen LogP contribution in [0.25, 0.3) is 0 Å². The van der Waals surface area contributed by atoms with Gasteiger partial charge in [0.1, 0.15) is 6.61 Å². The fraction of sp³-hybridized carbons (Fsp3) is 0.312. The molecule has 7 heteroatoms. The van der Waals surface area contributed by atoms with E-state index in [9.17, 15) is 9.59 Å². The first-order valence-electron chi connectivity index (χ1n) is 7.21. The van der Waals surface area contributed by atoms with Gasteiger partial charge in [0, 0.05) is 30.5 Å². The number of ether oxygens (including phenoxy) is 1. The van der Waals surface area contributed by atoms with Crippen LogP contribution in [0.1, 0.15) is 23.4 Å². The molecular weight excluding hydrogens is 316 g/mol. The fourth-order valence-corrected chi connectivity index (χ4v) is 2.72. The summed E-state index contributed by atoms with van der Waals surface area (Å²) in [6.45, 7) is 0.176. The summed E-state index contributed by atoms with van der Waals surface area (Å²) in [6.07, 6.45) is 1.93. The minimum atomic E-state index is -0.895. The minimum Gasteiger partial charge on any atom is -0.481 e. The van der Waals surface area contributed by atoms with Crippen molar-refractivity contribution < 1.29 is 19.4 Å². The number of nitrogens with one attached hydrogen (secondary N) is 1. The van der Waals surface area contributed by atoms with E-state index >= 15 is 0 Å². The summed E-state index contributed by atoms with van der Waals surface area (Å²) in [6, 6.07) is 9.04. The Balaban J connectivity index is 1.85. The zero-order chi connectivity index (χ0) is 16.5. The molecule has 2 N–H and O–H groups in total. The lowest BCUT2D eigenvalue weighted by Crippen LogP contribution is -2.37. The predicted molar refractivity (Wildman–Crippen MR) is 86.2 cm³/mol. The molecule has 0 bridgehead atoms. The number of benzene rings is 1. The first-order chi connectivity index (χ1) is 11.1. The van der Waals surface area contributed by atoms with Crippen LogP contribution in [0.3, 0.4) is 0 Å². The zero-order valence-electron chi connectivity index (χ0n) is 12.5. The van der Waals surface area contributed by atoms with Crippen molar-refractivity contribution in [2.45, 2.75) is 31.9 Å². The molecule has 1 amide bonds. The molecule has 0 aliphatic rings. The second-order valence-electron chi connectivity index (χ2n) is 4.97. The average Bonchev–Trinajstić information content (AvgIpc) is 3.04. The molecule has 1 atom stereocenters. The van der Waals surface area contributed by atoms with Crippen LogP contribution in [0.2, 0.25) is 0 Å². The van der Waals surface area contributed by atoms with E-state index in [1.165, 1.54) is 11.3 Å². The largest absolute Gasteiger partial charge is 0.481 e. The number of alkyl carbamates (subject to hydrolysis) is 1. The van der Waals surface area contributed by atoms with Gasteiger partial charge in [-0.25, -0.2) is 9.78 Å². The standard InChI is InChI=1S/C16H18N2O4S/c19-15(20)7-6-13(10-14-17-8-9-23-14)18-16(21)22-11-12-4-2-1-3-5-12/h1-5,8-9,13H,6-7,10-11H2,(H,18,21)(H,19,20). The molecule has 0 aliphatic carbocycles. The molecule has 2 rings (SSSR count). The maximum absolute atomic E-state index is 11.9. The number of rotatable bonds is 8. The predicted octanol–water partition coefficient (Wildman–Crippen LogP) is 2.85. The van der Waals surface area contributed by atoms with Crippen molar-refractivity contribution in [3.8, 4) is 0 Å². The highest BCUT2D eigenvalue weighted by molar-refractivity contribution is 7.09. The van der Waals surface area contributed by atoms with Gasteiger partial charge in [0.05, 0.1) is 5.01 Å². The number of carboxylic acids is 1. The van der Waals surface area contributed by atoms with E-state index in [1.807, 2.05) is 35.7 Å². The van der Waals surface area contributed by atoms with Crippen molar-refractivity contribution in [2.24, 2.45) is 0 Å². The van der Waals surface area contributed by atoms with Crippen molar-refractivity contribution in [3.63, 3.8) is 0 Å². The van der Waals surface area contributed by atoms with Gasteiger partial charge in [0.25, 0.3) is 0 Å². The van der Waals surface area contributed by atoms with Crippen LogP contribution in [0.4, 0.5) is 4.79 Å². The van der Waals surface area contributed by atoms with Crippen LogP contribution in [-0.2, 0) is 22.6 Å². The second-order valence-corrected chi connectivity index (χ2v) is 5.94. The summed E-state index contributed by atoms with van der Waals surface area (Å²) in [5.41, 5.74) is 0.893. The van der Waals surface area contributed by atoms with Crippen LogP contribution < -0.4 is 5.32 Å². The van der Waals surface area contributed by atoms with Gasteiger partial charge in [-0.1, -0.05) is 30.3 Å². The molecule has 0 aliphatic heterocycles. The number of carboxylic acid groups (broad SMARTS) is 1. The lowest BCUT2D eigenvalue weighted by atomic mass is 10.1. The summed E-state index contributed by atoms with van der Waals surface area (Å²) in [5, 5.41) is 14.2. The van der Waals surface area contributed by atoms with Crippen LogP contribution >= 0.6 is 11.3 Å². The Hall–Kier alpha value is -2.41. The highest BCUT2D eigenvalue weighted by atomic mass is 32.1. The third kappa shape index (κ3) is 6.48. The molecule has 2 aromatic rings. The van der Waals surface area contributed by atoms with Crippen molar-refractivity contribution in [2.75, 3.05) is 0 Å². The maximum Gasteiger partial charge on any atom is 0.407 e. The maximum atomic E-state index is 11.9. The SMILES string of the molecule is O=C(O)CCC(Cc1nccs1)NC(=O)OCc1ccccc1. The van der Waals surface area contributed by atoms with Gasteiger partial charge in [0.15, 0.2) is 0 Å². The molecule has 1 aromatic heterocycles. The Bertz CT molecular complexity index is 616. The number of aliphatic carboxylic acids is 1. The third-order valence-electron chi connectivity index (χ3n) is 3.15. The second kappa shape index (κ2) is 8.89. The number of aromatic nitrogens is 1.